The van der Waals surface area contributed by atoms with E-state index in [2.05, 4.69) is 39.8 Å². The molecule has 2 aliphatic carbocycles. The van der Waals surface area contributed by atoms with Crippen LogP contribution in [0.1, 0.15) is 61.0 Å². The number of aromatic nitrogens is 4. The van der Waals surface area contributed by atoms with Gasteiger partial charge >= 0.3 is 0 Å². The van der Waals surface area contributed by atoms with Crippen molar-refractivity contribution < 1.29 is 0 Å². The Labute approximate surface area is 246 Å². The summed E-state index contributed by atoms with van der Waals surface area (Å²) < 4.78 is 0. The van der Waals surface area contributed by atoms with Crippen LogP contribution in [-0.4, -0.2) is 59.2 Å². The Morgan fingerprint density at radius 2 is 1.41 bits per heavy atom. The summed E-state index contributed by atoms with van der Waals surface area (Å²) in [6.45, 7) is 19.2. The lowest BCUT2D eigenvalue weighted by atomic mass is 9.98. The number of halogens is 3. The normalized spacial score (nSPS) is 21.3. The molecule has 0 bridgehead atoms. The minimum Gasteiger partial charge on any atom is -0.356 e. The number of anilines is 1. The fourth-order valence-corrected chi connectivity index (χ4v) is 6.44. The van der Waals surface area contributed by atoms with Gasteiger partial charge in [-0.3, -0.25) is 0 Å². The van der Waals surface area contributed by atoms with Crippen LogP contribution in [0, 0.1) is 25.0 Å². The minimum atomic E-state index is 0.260. The van der Waals surface area contributed by atoms with Crippen molar-refractivity contribution in [3.8, 4) is 0 Å². The van der Waals surface area contributed by atoms with Gasteiger partial charge in [-0.1, -0.05) is 11.6 Å². The third kappa shape index (κ3) is 8.38. The molecular formula is C28H35Cl3N8. The zero-order valence-electron chi connectivity index (χ0n) is 22.2. The summed E-state index contributed by atoms with van der Waals surface area (Å²) in [6.07, 6.45) is 11.1. The molecule has 0 radical (unpaired) electrons. The molecule has 0 unspecified atom stereocenters. The van der Waals surface area contributed by atoms with Crippen molar-refractivity contribution in [2.45, 2.75) is 64.2 Å². The van der Waals surface area contributed by atoms with Gasteiger partial charge < -0.3 is 19.9 Å². The average Bonchev–Trinajstić information content (AvgIpc) is 3.60. The maximum Gasteiger partial charge on any atom is 0.224 e. The van der Waals surface area contributed by atoms with E-state index in [1.807, 2.05) is 0 Å². The van der Waals surface area contributed by atoms with Gasteiger partial charge in [0.15, 0.2) is 0 Å². The Morgan fingerprint density at radius 1 is 0.769 bits per heavy atom. The third-order valence-corrected chi connectivity index (χ3v) is 8.31. The fraction of sp³-hybridized carbons (Fsp3) is 0.643. The van der Waals surface area contributed by atoms with Gasteiger partial charge in [-0.2, -0.15) is 0 Å². The molecule has 2 aromatic rings. The van der Waals surface area contributed by atoms with Gasteiger partial charge in [0, 0.05) is 42.6 Å². The molecule has 2 saturated heterocycles. The highest BCUT2D eigenvalue weighted by molar-refractivity contribution is 6.32. The SMILES string of the molecule is Clc1nc(Cl)c2c(n1)CCC2.[C-]#[N+]C[C@@H]1CCCN(c2nc(Cl)nc3c2CCC3)C1.[C-]#[N+]C[C@@H]1CCCNC1. The Bertz CT molecular complexity index is 1200. The van der Waals surface area contributed by atoms with Gasteiger partial charge in [0.05, 0.1) is 11.4 Å². The van der Waals surface area contributed by atoms with E-state index >= 15 is 0 Å². The summed E-state index contributed by atoms with van der Waals surface area (Å²) in [4.78, 5) is 26.0. The number of nitrogens with zero attached hydrogens (tertiary/aromatic N) is 7. The average molecular weight is 590 g/mol. The first kappa shape index (κ1) is 29.7. The van der Waals surface area contributed by atoms with Crippen LogP contribution in [0.15, 0.2) is 0 Å². The van der Waals surface area contributed by atoms with Gasteiger partial charge in [-0.25, -0.2) is 33.1 Å². The molecule has 208 valence electrons. The fourth-order valence-electron chi connectivity index (χ4n) is 5.75. The van der Waals surface area contributed by atoms with Crippen molar-refractivity contribution in [1.29, 1.82) is 0 Å². The first-order valence-corrected chi connectivity index (χ1v) is 15.0. The molecule has 1 N–H and O–H groups in total. The maximum atomic E-state index is 7.03. The molecule has 11 heteroatoms. The molecule has 39 heavy (non-hydrogen) atoms. The molecule has 2 aromatic heterocycles. The van der Waals surface area contributed by atoms with Gasteiger partial charge in [-0.15, -0.1) is 0 Å². The Balaban J connectivity index is 0.000000149. The van der Waals surface area contributed by atoms with E-state index in [9.17, 15) is 0 Å². The van der Waals surface area contributed by atoms with E-state index in [-0.39, 0.29) is 5.28 Å². The predicted octanol–water partition coefficient (Wildman–Crippen LogP) is 5.93. The van der Waals surface area contributed by atoms with Crippen LogP contribution in [0.4, 0.5) is 5.82 Å². The summed E-state index contributed by atoms with van der Waals surface area (Å²) in [7, 11) is 0. The third-order valence-electron chi connectivity index (χ3n) is 7.66. The smallest absolute Gasteiger partial charge is 0.224 e. The summed E-state index contributed by atoms with van der Waals surface area (Å²) >= 11 is 17.5. The first-order valence-electron chi connectivity index (χ1n) is 13.9. The van der Waals surface area contributed by atoms with Crippen LogP contribution < -0.4 is 10.2 Å². The van der Waals surface area contributed by atoms with Crippen molar-refractivity contribution in [1.82, 2.24) is 25.3 Å². The van der Waals surface area contributed by atoms with E-state index in [0.29, 0.717) is 35.4 Å². The number of rotatable bonds is 3. The summed E-state index contributed by atoms with van der Waals surface area (Å²) in [5.41, 5.74) is 4.52. The van der Waals surface area contributed by atoms with E-state index in [1.165, 1.54) is 18.4 Å². The minimum absolute atomic E-state index is 0.260. The lowest BCUT2D eigenvalue weighted by Gasteiger charge is -2.32. The monoisotopic (exact) mass is 588 g/mol. The molecule has 2 aliphatic heterocycles. The van der Waals surface area contributed by atoms with Crippen LogP contribution in [-0.2, 0) is 25.7 Å². The van der Waals surface area contributed by atoms with Crippen LogP contribution in [0.2, 0.25) is 15.7 Å². The zero-order chi connectivity index (χ0) is 27.6. The van der Waals surface area contributed by atoms with Crippen LogP contribution in [0.3, 0.4) is 0 Å². The van der Waals surface area contributed by atoms with Crippen molar-refractivity contribution in [2.75, 3.05) is 44.2 Å². The highest BCUT2D eigenvalue weighted by Crippen LogP contribution is 2.32. The standard InChI is InChI=1S/C14H17ClN4.C7H6Cl2N2.C7H12N2/c1-16-8-10-4-3-7-19(9-10)13-11-5-2-6-12(11)17-14(15)18-13;8-6-4-2-1-3-5(4)10-7(9)11-6;1-8-5-7-3-2-4-9-6-7/h10H,2-9H2;1-3H2;7,9H,2-6H2/t10-;;7-/m0.0/s1. The number of fused-ring (bicyclic) bond motifs is 2. The van der Waals surface area contributed by atoms with Gasteiger partial charge in [0.1, 0.15) is 11.0 Å². The first-order chi connectivity index (χ1) is 19.0. The second-order valence-corrected chi connectivity index (χ2v) is 11.5. The maximum absolute atomic E-state index is 7.03. The zero-order valence-corrected chi connectivity index (χ0v) is 24.5. The Hall–Kier alpha value is -2.23. The van der Waals surface area contributed by atoms with Crippen LogP contribution >= 0.6 is 34.8 Å². The summed E-state index contributed by atoms with van der Waals surface area (Å²) in [5, 5.41) is 4.43. The molecule has 0 aromatic carbocycles. The van der Waals surface area contributed by atoms with Gasteiger partial charge in [0.25, 0.3) is 0 Å². The molecule has 0 saturated carbocycles. The van der Waals surface area contributed by atoms with E-state index in [0.717, 1.165) is 100 Å². The topological polar surface area (TPSA) is 75.5 Å². The highest BCUT2D eigenvalue weighted by atomic mass is 35.5. The van der Waals surface area contributed by atoms with E-state index in [4.69, 9.17) is 47.9 Å². The van der Waals surface area contributed by atoms with Crippen molar-refractivity contribution in [2.24, 2.45) is 11.8 Å². The van der Waals surface area contributed by atoms with Gasteiger partial charge in [-0.05, 0) is 94.0 Å². The summed E-state index contributed by atoms with van der Waals surface area (Å²) in [6, 6.07) is 0. The predicted molar refractivity (Wildman–Crippen MR) is 157 cm³/mol. The summed E-state index contributed by atoms with van der Waals surface area (Å²) in [5.74, 6) is 2.13. The van der Waals surface area contributed by atoms with Crippen LogP contribution in [0.5, 0.6) is 0 Å². The second-order valence-electron chi connectivity index (χ2n) is 10.5. The molecule has 0 spiro atoms. The van der Waals surface area contributed by atoms with Crippen molar-refractivity contribution in [3.05, 3.63) is 61.1 Å². The highest BCUT2D eigenvalue weighted by Gasteiger charge is 2.28. The molecule has 8 nitrogen and oxygen atoms in total. The molecule has 4 aliphatic rings. The number of aryl methyl sites for hydroxylation is 2. The number of nitrogens with one attached hydrogen (secondary N) is 1. The number of hydrogen-bond acceptors (Lipinski definition) is 6. The second kappa shape index (κ2) is 15.0. The largest absolute Gasteiger partial charge is 0.356 e. The van der Waals surface area contributed by atoms with Gasteiger partial charge in [0.2, 0.25) is 23.7 Å². The lowest BCUT2D eigenvalue weighted by Crippen LogP contribution is -2.37. The molecule has 6 rings (SSSR count). The molecular weight excluding hydrogens is 555 g/mol. The molecule has 4 heterocycles. The Kier molecular flexibility index (Phi) is 11.4. The van der Waals surface area contributed by atoms with Crippen molar-refractivity contribution in [3.63, 3.8) is 0 Å². The molecule has 0 amide bonds. The van der Waals surface area contributed by atoms with Crippen molar-refractivity contribution >= 4 is 40.6 Å². The van der Waals surface area contributed by atoms with Crippen LogP contribution in [0.25, 0.3) is 9.69 Å². The number of piperidine rings is 2. The Morgan fingerprint density at radius 3 is 2.10 bits per heavy atom. The molecule has 2 atom stereocenters. The lowest BCUT2D eigenvalue weighted by molar-refractivity contribution is 0.398. The van der Waals surface area contributed by atoms with E-state index in [1.54, 1.807) is 0 Å². The number of hydrogen-bond donors (Lipinski definition) is 1. The van der Waals surface area contributed by atoms with E-state index < -0.39 is 0 Å². The quantitative estimate of drug-likeness (QED) is 0.272. The molecule has 2 fully saturated rings.